The normalized spacial score (nSPS) is 11.2. The van der Waals surface area contributed by atoms with E-state index in [0.29, 0.717) is 11.5 Å². The molecule has 124 valence electrons. The summed E-state index contributed by atoms with van der Waals surface area (Å²) in [4.78, 5) is 3.72. The zero-order valence-corrected chi connectivity index (χ0v) is 13.1. The number of nitrogens with zero attached hydrogens (tertiary/aromatic N) is 1. The third-order valence-electron chi connectivity index (χ3n) is 3.11. The van der Waals surface area contributed by atoms with Crippen LogP contribution >= 0.6 is 11.6 Å². The van der Waals surface area contributed by atoms with Gasteiger partial charge < -0.3 is 14.8 Å². The van der Waals surface area contributed by atoms with Crippen LogP contribution in [0.25, 0.3) is 0 Å². The average Bonchev–Trinajstić information content (AvgIpc) is 2.52. The molecule has 1 N–H and O–H groups in total. The van der Waals surface area contributed by atoms with E-state index in [2.05, 4.69) is 10.3 Å². The van der Waals surface area contributed by atoms with E-state index < -0.39 is 11.7 Å². The Morgan fingerprint density at radius 3 is 2.48 bits per heavy atom. The van der Waals surface area contributed by atoms with E-state index in [4.69, 9.17) is 21.1 Å². The van der Waals surface area contributed by atoms with Crippen LogP contribution in [0.3, 0.4) is 0 Å². The minimum absolute atomic E-state index is 0.104. The Hall–Kier alpha value is -2.15. The minimum Gasteiger partial charge on any atom is -0.497 e. The number of alkyl halides is 3. The molecule has 0 saturated carbocycles. The van der Waals surface area contributed by atoms with Crippen LogP contribution in [-0.4, -0.2) is 19.2 Å². The molecule has 8 heteroatoms. The highest BCUT2D eigenvalue weighted by atomic mass is 35.5. The first-order chi connectivity index (χ1) is 10.8. The maximum Gasteiger partial charge on any atom is 0.417 e. The van der Waals surface area contributed by atoms with Gasteiger partial charge in [-0.1, -0.05) is 11.6 Å². The number of hydrogen-bond acceptors (Lipinski definition) is 4. The molecule has 1 aromatic carbocycles. The molecule has 0 aliphatic rings. The first kappa shape index (κ1) is 17.2. The van der Waals surface area contributed by atoms with Gasteiger partial charge in [0.2, 0.25) is 0 Å². The second-order valence-electron chi connectivity index (χ2n) is 4.58. The Morgan fingerprint density at radius 2 is 1.91 bits per heavy atom. The second-order valence-corrected chi connectivity index (χ2v) is 4.99. The lowest BCUT2D eigenvalue weighted by molar-refractivity contribution is -0.137. The third kappa shape index (κ3) is 4.19. The van der Waals surface area contributed by atoms with Crippen molar-refractivity contribution >= 4 is 17.4 Å². The van der Waals surface area contributed by atoms with Gasteiger partial charge in [0.25, 0.3) is 0 Å². The summed E-state index contributed by atoms with van der Waals surface area (Å²) in [6, 6.07) is 6.07. The van der Waals surface area contributed by atoms with Gasteiger partial charge >= 0.3 is 6.18 Å². The largest absolute Gasteiger partial charge is 0.497 e. The van der Waals surface area contributed by atoms with Gasteiger partial charge in [-0.2, -0.15) is 13.2 Å². The Morgan fingerprint density at radius 1 is 1.17 bits per heavy atom. The van der Waals surface area contributed by atoms with Gasteiger partial charge in [0.15, 0.2) is 0 Å². The van der Waals surface area contributed by atoms with Crippen LogP contribution < -0.4 is 14.8 Å². The summed E-state index contributed by atoms with van der Waals surface area (Å²) in [7, 11) is 3.06. The number of aromatic nitrogens is 1. The van der Waals surface area contributed by atoms with Crippen molar-refractivity contribution in [1.29, 1.82) is 0 Å². The van der Waals surface area contributed by atoms with Gasteiger partial charge in [0.05, 0.1) is 24.8 Å². The molecule has 1 heterocycles. The molecule has 2 aromatic rings. The highest BCUT2D eigenvalue weighted by Gasteiger charge is 2.31. The molecule has 4 nitrogen and oxygen atoms in total. The van der Waals surface area contributed by atoms with E-state index in [1.807, 2.05) is 0 Å². The van der Waals surface area contributed by atoms with Crippen molar-refractivity contribution in [2.75, 3.05) is 19.5 Å². The second kappa shape index (κ2) is 6.95. The molecule has 0 saturated heterocycles. The fraction of sp³-hybridized carbons (Fsp3) is 0.267. The molecular formula is C15H14ClF3N2O2. The fourth-order valence-electron chi connectivity index (χ4n) is 1.90. The molecule has 2 rings (SSSR count). The van der Waals surface area contributed by atoms with Gasteiger partial charge in [-0.3, -0.25) is 0 Å². The van der Waals surface area contributed by atoms with Crippen molar-refractivity contribution in [3.8, 4) is 11.5 Å². The van der Waals surface area contributed by atoms with Gasteiger partial charge in [-0.05, 0) is 18.2 Å². The first-order valence-electron chi connectivity index (χ1n) is 6.52. The summed E-state index contributed by atoms with van der Waals surface area (Å²) in [5.41, 5.74) is -0.110. The van der Waals surface area contributed by atoms with Crippen LogP contribution in [0.1, 0.15) is 11.1 Å². The van der Waals surface area contributed by atoms with Crippen molar-refractivity contribution in [2.24, 2.45) is 0 Å². The average molecular weight is 347 g/mol. The number of hydrogen-bond donors (Lipinski definition) is 1. The summed E-state index contributed by atoms with van der Waals surface area (Å²) < 4.78 is 48.1. The van der Waals surface area contributed by atoms with E-state index in [9.17, 15) is 13.2 Å². The van der Waals surface area contributed by atoms with Crippen LogP contribution in [0.15, 0.2) is 30.5 Å². The van der Waals surface area contributed by atoms with E-state index in [1.165, 1.54) is 7.11 Å². The molecule has 0 radical (unpaired) electrons. The van der Waals surface area contributed by atoms with Crippen LogP contribution in [0.5, 0.6) is 11.5 Å². The number of ether oxygens (including phenoxy) is 2. The van der Waals surface area contributed by atoms with E-state index in [0.717, 1.165) is 17.8 Å². The number of pyridine rings is 1. The molecule has 0 fully saturated rings. The number of methoxy groups -OCH3 is 2. The molecular weight excluding hydrogens is 333 g/mol. The lowest BCUT2D eigenvalue weighted by Crippen LogP contribution is -2.08. The van der Waals surface area contributed by atoms with Crippen molar-refractivity contribution in [3.05, 3.63) is 46.6 Å². The molecule has 0 amide bonds. The lowest BCUT2D eigenvalue weighted by Gasteiger charge is -2.13. The summed E-state index contributed by atoms with van der Waals surface area (Å²) >= 11 is 5.85. The van der Waals surface area contributed by atoms with Gasteiger partial charge in [-0.15, -0.1) is 0 Å². The number of nitrogens with one attached hydrogen (secondary N) is 1. The Labute approximate surface area is 136 Å². The maximum atomic E-state index is 12.6. The SMILES string of the molecule is COc1ccc(CNc2ncc(C(F)(F)F)cc2Cl)c(OC)c1. The molecule has 0 spiro atoms. The molecule has 0 atom stereocenters. The van der Waals surface area contributed by atoms with Crippen LogP contribution in [0.4, 0.5) is 19.0 Å². The van der Waals surface area contributed by atoms with Crippen molar-refractivity contribution in [3.63, 3.8) is 0 Å². The Kier molecular flexibility index (Phi) is 5.20. The zero-order chi connectivity index (χ0) is 17.0. The summed E-state index contributed by atoms with van der Waals surface area (Å²) in [6.07, 6.45) is -3.74. The van der Waals surface area contributed by atoms with E-state index >= 15 is 0 Å². The monoisotopic (exact) mass is 346 g/mol. The van der Waals surface area contributed by atoms with Crippen LogP contribution in [0, 0.1) is 0 Å². The van der Waals surface area contributed by atoms with E-state index in [1.54, 1.807) is 25.3 Å². The molecule has 0 aliphatic carbocycles. The standard InChI is InChI=1S/C15H14ClF3N2O2/c1-22-11-4-3-9(13(6-11)23-2)7-20-14-12(16)5-10(8-21-14)15(17,18)19/h3-6,8H,7H2,1-2H3,(H,20,21). The molecule has 0 unspecified atom stereocenters. The lowest BCUT2D eigenvalue weighted by atomic mass is 10.2. The topological polar surface area (TPSA) is 43.4 Å². The smallest absolute Gasteiger partial charge is 0.417 e. The molecule has 0 bridgehead atoms. The first-order valence-corrected chi connectivity index (χ1v) is 6.90. The zero-order valence-electron chi connectivity index (χ0n) is 12.4. The van der Waals surface area contributed by atoms with Crippen LogP contribution in [-0.2, 0) is 12.7 Å². The number of rotatable bonds is 5. The fourth-order valence-corrected chi connectivity index (χ4v) is 2.13. The summed E-state index contributed by atoms with van der Waals surface area (Å²) in [5.74, 6) is 1.38. The summed E-state index contributed by atoms with van der Waals surface area (Å²) in [6.45, 7) is 0.283. The molecule has 1 aromatic heterocycles. The van der Waals surface area contributed by atoms with Crippen LogP contribution in [0.2, 0.25) is 5.02 Å². The van der Waals surface area contributed by atoms with Gasteiger partial charge in [0.1, 0.15) is 17.3 Å². The third-order valence-corrected chi connectivity index (χ3v) is 3.40. The molecule has 0 aliphatic heterocycles. The van der Waals surface area contributed by atoms with E-state index in [-0.39, 0.29) is 17.4 Å². The number of halogens is 4. The quantitative estimate of drug-likeness (QED) is 0.872. The van der Waals surface area contributed by atoms with Crippen molar-refractivity contribution in [2.45, 2.75) is 12.7 Å². The predicted molar refractivity (Wildman–Crippen MR) is 81.1 cm³/mol. The summed E-state index contributed by atoms with van der Waals surface area (Å²) in [5, 5.41) is 2.78. The highest BCUT2D eigenvalue weighted by Crippen LogP contribution is 2.33. The van der Waals surface area contributed by atoms with Crippen molar-refractivity contribution in [1.82, 2.24) is 4.98 Å². The number of benzene rings is 1. The number of anilines is 1. The minimum atomic E-state index is -4.48. The highest BCUT2D eigenvalue weighted by molar-refractivity contribution is 6.32. The maximum absolute atomic E-state index is 12.6. The van der Waals surface area contributed by atoms with Gasteiger partial charge in [-0.25, -0.2) is 4.98 Å². The Balaban J connectivity index is 2.15. The van der Waals surface area contributed by atoms with Gasteiger partial charge in [0, 0.05) is 24.4 Å². The predicted octanol–water partition coefficient (Wildman–Crippen LogP) is 4.38. The molecule has 23 heavy (non-hydrogen) atoms. The van der Waals surface area contributed by atoms with Crippen molar-refractivity contribution < 1.29 is 22.6 Å². The Bertz CT molecular complexity index is 693.